The molecule has 0 N–H and O–H groups in total. The van der Waals surface area contributed by atoms with Gasteiger partial charge in [-0.2, -0.15) is 13.5 Å². The fraction of sp³-hybridized carbons (Fsp3) is 0.0714. The summed E-state index contributed by atoms with van der Waals surface area (Å²) >= 11 is 0. The second kappa shape index (κ2) is 4.64. The van der Waals surface area contributed by atoms with Gasteiger partial charge in [0.25, 0.3) is 0 Å². The molecule has 3 rings (SSSR count). The zero-order valence-corrected chi connectivity index (χ0v) is 11.5. The van der Waals surface area contributed by atoms with Gasteiger partial charge in [-0.1, -0.05) is 17.7 Å². The van der Waals surface area contributed by atoms with Crippen molar-refractivity contribution in [1.82, 2.24) is 9.61 Å². The van der Waals surface area contributed by atoms with Crippen LogP contribution in [0.15, 0.2) is 59.8 Å². The molecule has 1 aromatic carbocycles. The molecule has 6 heteroatoms. The van der Waals surface area contributed by atoms with E-state index in [0.29, 0.717) is 5.52 Å². The van der Waals surface area contributed by atoms with Crippen molar-refractivity contribution in [3.8, 4) is 5.75 Å². The van der Waals surface area contributed by atoms with Crippen molar-refractivity contribution < 1.29 is 12.6 Å². The summed E-state index contributed by atoms with van der Waals surface area (Å²) < 4.78 is 31.2. The first-order chi connectivity index (χ1) is 9.56. The van der Waals surface area contributed by atoms with E-state index >= 15 is 0 Å². The Labute approximate surface area is 116 Å². The predicted molar refractivity (Wildman–Crippen MR) is 74.2 cm³/mol. The molecular formula is C14H12N2O3S. The summed E-state index contributed by atoms with van der Waals surface area (Å²) in [6.07, 6.45) is 3.22. The van der Waals surface area contributed by atoms with Gasteiger partial charge in [0.15, 0.2) is 5.75 Å². The first-order valence-corrected chi connectivity index (χ1v) is 7.41. The summed E-state index contributed by atoms with van der Waals surface area (Å²) in [5.41, 5.74) is 1.59. The van der Waals surface area contributed by atoms with Gasteiger partial charge in [-0.3, -0.25) is 0 Å². The highest BCUT2D eigenvalue weighted by Crippen LogP contribution is 2.23. The molecular weight excluding hydrogens is 276 g/mol. The van der Waals surface area contributed by atoms with E-state index in [4.69, 9.17) is 4.18 Å². The number of nitrogens with zero attached hydrogens (tertiary/aromatic N) is 2. The minimum absolute atomic E-state index is 0.129. The summed E-state index contributed by atoms with van der Waals surface area (Å²) in [6, 6.07) is 11.6. The molecule has 0 aliphatic rings. The minimum Gasteiger partial charge on any atom is -0.377 e. The topological polar surface area (TPSA) is 60.7 Å². The normalized spacial score (nSPS) is 11.7. The minimum atomic E-state index is -3.84. The van der Waals surface area contributed by atoms with E-state index in [0.717, 1.165) is 5.56 Å². The molecule has 2 heterocycles. The van der Waals surface area contributed by atoms with Crippen molar-refractivity contribution in [2.24, 2.45) is 0 Å². The van der Waals surface area contributed by atoms with Crippen LogP contribution in [0.25, 0.3) is 5.52 Å². The van der Waals surface area contributed by atoms with Gasteiger partial charge in [0.05, 0.1) is 6.20 Å². The summed E-state index contributed by atoms with van der Waals surface area (Å²) in [5, 5.41) is 4.06. The van der Waals surface area contributed by atoms with Crippen LogP contribution < -0.4 is 4.18 Å². The quantitative estimate of drug-likeness (QED) is 0.694. The van der Waals surface area contributed by atoms with Crippen LogP contribution >= 0.6 is 0 Å². The van der Waals surface area contributed by atoms with E-state index in [1.807, 2.05) is 6.92 Å². The molecule has 0 amide bonds. The molecule has 0 saturated carbocycles. The molecule has 102 valence electrons. The zero-order valence-electron chi connectivity index (χ0n) is 10.7. The molecule has 0 fully saturated rings. The van der Waals surface area contributed by atoms with Gasteiger partial charge in [-0.25, -0.2) is 4.52 Å². The highest BCUT2D eigenvalue weighted by molar-refractivity contribution is 7.87. The van der Waals surface area contributed by atoms with Crippen LogP contribution in [-0.4, -0.2) is 18.0 Å². The second-order valence-corrected chi connectivity index (χ2v) is 5.93. The van der Waals surface area contributed by atoms with Crippen molar-refractivity contribution >= 4 is 15.6 Å². The summed E-state index contributed by atoms with van der Waals surface area (Å²) in [4.78, 5) is 0.129. The van der Waals surface area contributed by atoms with E-state index in [9.17, 15) is 8.42 Å². The van der Waals surface area contributed by atoms with Crippen LogP contribution in [0.1, 0.15) is 5.56 Å². The van der Waals surface area contributed by atoms with E-state index in [1.54, 1.807) is 35.0 Å². The van der Waals surface area contributed by atoms with Crippen LogP contribution in [0.2, 0.25) is 0 Å². The Morgan fingerprint density at radius 1 is 1.10 bits per heavy atom. The summed E-state index contributed by atoms with van der Waals surface area (Å²) in [6.45, 7) is 1.89. The standard InChI is InChI=1S/C14H12N2O3S/c1-11-4-6-12(7-5-11)20(17,18)19-14-8-9-15-16-10-2-3-13(14)16/h2-10H,1H3. The SMILES string of the molecule is Cc1ccc(S(=O)(=O)Oc2ccnn3cccc23)cc1. The van der Waals surface area contributed by atoms with Gasteiger partial charge in [0, 0.05) is 12.3 Å². The molecule has 0 aliphatic carbocycles. The van der Waals surface area contributed by atoms with Gasteiger partial charge in [0.2, 0.25) is 0 Å². The lowest BCUT2D eigenvalue weighted by atomic mass is 10.2. The third-order valence-electron chi connectivity index (χ3n) is 2.91. The largest absolute Gasteiger partial charge is 0.377 e. The van der Waals surface area contributed by atoms with E-state index in [-0.39, 0.29) is 10.6 Å². The van der Waals surface area contributed by atoms with Crippen molar-refractivity contribution in [2.45, 2.75) is 11.8 Å². The molecule has 3 aromatic rings. The zero-order chi connectivity index (χ0) is 14.2. The summed E-state index contributed by atoms with van der Waals surface area (Å²) in [7, 11) is -3.84. The fourth-order valence-electron chi connectivity index (χ4n) is 1.87. The first-order valence-electron chi connectivity index (χ1n) is 6.00. The number of rotatable bonds is 3. The molecule has 2 aromatic heterocycles. The smallest absolute Gasteiger partial charge is 0.339 e. The molecule has 0 saturated heterocycles. The maximum Gasteiger partial charge on any atom is 0.339 e. The monoisotopic (exact) mass is 288 g/mol. The Hall–Kier alpha value is -2.34. The Balaban J connectivity index is 2.01. The molecule has 0 aliphatic heterocycles. The van der Waals surface area contributed by atoms with Crippen LogP contribution in [0, 0.1) is 6.92 Å². The fourth-order valence-corrected chi connectivity index (χ4v) is 2.81. The van der Waals surface area contributed by atoms with Gasteiger partial charge < -0.3 is 4.18 Å². The number of fused-ring (bicyclic) bond motifs is 1. The van der Waals surface area contributed by atoms with Gasteiger partial charge in [-0.05, 0) is 31.2 Å². The number of hydrogen-bond donors (Lipinski definition) is 0. The Kier molecular flexibility index (Phi) is 2.94. The number of hydrogen-bond acceptors (Lipinski definition) is 4. The van der Waals surface area contributed by atoms with Crippen LogP contribution in [0.3, 0.4) is 0 Å². The van der Waals surface area contributed by atoms with Gasteiger partial charge in [0.1, 0.15) is 10.4 Å². The van der Waals surface area contributed by atoms with Gasteiger partial charge in [-0.15, -0.1) is 0 Å². The lowest BCUT2D eigenvalue weighted by Crippen LogP contribution is -2.10. The van der Waals surface area contributed by atoms with E-state index in [2.05, 4.69) is 5.10 Å². The Morgan fingerprint density at radius 3 is 2.60 bits per heavy atom. The molecule has 0 bridgehead atoms. The van der Waals surface area contributed by atoms with Crippen molar-refractivity contribution in [1.29, 1.82) is 0 Å². The highest BCUT2D eigenvalue weighted by atomic mass is 32.2. The Morgan fingerprint density at radius 2 is 1.85 bits per heavy atom. The molecule has 0 atom stereocenters. The Bertz CT molecular complexity index is 852. The highest BCUT2D eigenvalue weighted by Gasteiger charge is 2.18. The molecule has 0 spiro atoms. The first kappa shape index (κ1) is 12.7. The number of aromatic nitrogens is 2. The van der Waals surface area contributed by atoms with Crippen LogP contribution in [0.5, 0.6) is 5.75 Å². The lowest BCUT2D eigenvalue weighted by molar-refractivity contribution is 0.486. The lowest BCUT2D eigenvalue weighted by Gasteiger charge is -2.08. The van der Waals surface area contributed by atoms with Crippen LogP contribution in [-0.2, 0) is 10.1 Å². The number of benzene rings is 1. The third-order valence-corrected chi connectivity index (χ3v) is 4.16. The van der Waals surface area contributed by atoms with E-state index < -0.39 is 10.1 Å². The summed E-state index contributed by atoms with van der Waals surface area (Å²) in [5.74, 6) is 0.255. The molecule has 20 heavy (non-hydrogen) atoms. The van der Waals surface area contributed by atoms with Crippen molar-refractivity contribution in [2.75, 3.05) is 0 Å². The van der Waals surface area contributed by atoms with Gasteiger partial charge >= 0.3 is 10.1 Å². The average Bonchev–Trinajstić information content (AvgIpc) is 2.88. The van der Waals surface area contributed by atoms with Crippen LogP contribution in [0.4, 0.5) is 0 Å². The molecule has 0 radical (unpaired) electrons. The molecule has 5 nitrogen and oxygen atoms in total. The average molecular weight is 288 g/mol. The second-order valence-electron chi connectivity index (χ2n) is 4.38. The maximum absolute atomic E-state index is 12.2. The van der Waals surface area contributed by atoms with E-state index in [1.165, 1.54) is 24.4 Å². The molecule has 0 unspecified atom stereocenters. The third kappa shape index (κ3) is 2.25. The number of aryl methyl sites for hydroxylation is 1. The van der Waals surface area contributed by atoms with Crippen molar-refractivity contribution in [3.05, 3.63) is 60.4 Å². The predicted octanol–water partition coefficient (Wildman–Crippen LogP) is 2.41. The maximum atomic E-state index is 12.2. The van der Waals surface area contributed by atoms with Crippen molar-refractivity contribution in [3.63, 3.8) is 0 Å².